The van der Waals surface area contributed by atoms with Gasteiger partial charge in [-0.25, -0.2) is 0 Å². The molecule has 0 amide bonds. The van der Waals surface area contributed by atoms with Crippen molar-refractivity contribution in [3.8, 4) is 0 Å². The molecule has 2 rings (SSSR count). The summed E-state index contributed by atoms with van der Waals surface area (Å²) in [5.74, 6) is -0.181. The Labute approximate surface area is 109 Å². The lowest BCUT2D eigenvalue weighted by Crippen LogP contribution is -2.05. The van der Waals surface area contributed by atoms with Crippen LogP contribution in [0.25, 0.3) is 0 Å². The van der Waals surface area contributed by atoms with Gasteiger partial charge < -0.3 is 0 Å². The van der Waals surface area contributed by atoms with Gasteiger partial charge in [-0.3, -0.25) is 14.8 Å². The molecule has 0 aliphatic carbocycles. The van der Waals surface area contributed by atoms with Crippen molar-refractivity contribution in [3.63, 3.8) is 0 Å². The molecule has 0 atom stereocenters. The van der Waals surface area contributed by atoms with Crippen molar-refractivity contribution >= 4 is 37.6 Å². The highest BCUT2D eigenvalue weighted by molar-refractivity contribution is 9.10. The quantitative estimate of drug-likeness (QED) is 0.787. The van der Waals surface area contributed by atoms with Crippen LogP contribution in [0.1, 0.15) is 16.2 Å². The molecule has 0 saturated carbocycles. The minimum absolute atomic E-state index is 0.181. The van der Waals surface area contributed by atoms with Crippen LogP contribution in [-0.2, 0) is 0 Å². The maximum Gasteiger partial charge on any atom is 0.229 e. The molecule has 5 heteroatoms. The number of hydrogen-bond acceptors (Lipinski definition) is 3. The maximum atomic E-state index is 11.9. The first-order chi connectivity index (χ1) is 7.66. The van der Waals surface area contributed by atoms with Crippen molar-refractivity contribution in [2.24, 2.45) is 0 Å². The fourth-order valence-corrected chi connectivity index (χ4v) is 1.62. The lowest BCUT2D eigenvalue weighted by Gasteiger charge is -1.99. The molecule has 2 aromatic rings. The Hall–Kier alpha value is -1.07. The number of halogens is 2. The van der Waals surface area contributed by atoms with Gasteiger partial charge in [-0.05, 0) is 56.1 Å². The van der Waals surface area contributed by atoms with Gasteiger partial charge in [0.05, 0.1) is 0 Å². The molecular weight excluding hydrogens is 336 g/mol. The van der Waals surface area contributed by atoms with Crippen molar-refractivity contribution in [2.45, 2.75) is 0 Å². The number of aromatic nitrogens is 2. The van der Waals surface area contributed by atoms with E-state index in [1.165, 1.54) is 0 Å². The van der Waals surface area contributed by atoms with Crippen LogP contribution < -0.4 is 0 Å². The van der Waals surface area contributed by atoms with Gasteiger partial charge in [-0.1, -0.05) is 0 Å². The number of nitrogens with zero attached hydrogens (tertiary/aromatic N) is 2. The van der Waals surface area contributed by atoms with E-state index in [9.17, 15) is 4.79 Å². The van der Waals surface area contributed by atoms with Crippen LogP contribution in [0.3, 0.4) is 0 Å². The molecule has 3 nitrogen and oxygen atoms in total. The van der Waals surface area contributed by atoms with Crippen LogP contribution in [0.4, 0.5) is 0 Å². The first kappa shape index (κ1) is 11.4. The second-order valence-corrected chi connectivity index (χ2v) is 4.88. The van der Waals surface area contributed by atoms with E-state index in [1.807, 2.05) is 0 Å². The van der Waals surface area contributed by atoms with E-state index in [1.54, 1.807) is 36.7 Å². The summed E-state index contributed by atoms with van der Waals surface area (Å²) in [7, 11) is 0. The normalized spacial score (nSPS) is 10.1. The number of carbonyl (C=O) groups is 1. The first-order valence-electron chi connectivity index (χ1n) is 4.44. The molecule has 0 fully saturated rings. The third kappa shape index (κ3) is 2.54. The summed E-state index contributed by atoms with van der Waals surface area (Å²) >= 11 is 6.53. The van der Waals surface area contributed by atoms with E-state index >= 15 is 0 Å². The monoisotopic (exact) mass is 340 g/mol. The summed E-state index contributed by atoms with van der Waals surface area (Å²) in [6.45, 7) is 0. The summed E-state index contributed by atoms with van der Waals surface area (Å²) in [6.07, 6.45) is 3.18. The summed E-state index contributed by atoms with van der Waals surface area (Å²) in [5, 5.41) is 0. The van der Waals surface area contributed by atoms with Crippen molar-refractivity contribution < 1.29 is 4.79 Å². The molecule has 0 unspecified atom stereocenters. The predicted octanol–water partition coefficient (Wildman–Crippen LogP) is 3.23. The van der Waals surface area contributed by atoms with Gasteiger partial charge in [0.1, 0.15) is 11.4 Å². The van der Waals surface area contributed by atoms with Gasteiger partial charge in [-0.15, -0.1) is 0 Å². The highest BCUT2D eigenvalue weighted by atomic mass is 79.9. The Kier molecular flexibility index (Phi) is 3.46. The van der Waals surface area contributed by atoms with E-state index in [2.05, 4.69) is 41.8 Å². The summed E-state index contributed by atoms with van der Waals surface area (Å²) in [4.78, 5) is 20.0. The summed E-state index contributed by atoms with van der Waals surface area (Å²) < 4.78 is 1.68. The summed E-state index contributed by atoms with van der Waals surface area (Å²) in [5.41, 5.74) is 0.774. The molecule has 0 N–H and O–H groups in total. The molecule has 0 saturated heterocycles. The Morgan fingerprint density at radius 3 is 1.62 bits per heavy atom. The molecule has 0 radical (unpaired) electrons. The second kappa shape index (κ2) is 4.84. The lowest BCUT2D eigenvalue weighted by atomic mass is 10.2. The van der Waals surface area contributed by atoms with E-state index in [0.717, 1.165) is 8.95 Å². The van der Waals surface area contributed by atoms with E-state index < -0.39 is 0 Å². The largest absolute Gasteiger partial charge is 0.285 e. The van der Waals surface area contributed by atoms with E-state index in [-0.39, 0.29) is 5.78 Å². The third-order valence-electron chi connectivity index (χ3n) is 1.92. The average Bonchev–Trinajstić information content (AvgIpc) is 2.30. The highest BCUT2D eigenvalue weighted by Gasteiger charge is 2.11. The van der Waals surface area contributed by atoms with Gasteiger partial charge in [0.25, 0.3) is 0 Å². The molecule has 2 aromatic heterocycles. The summed E-state index contributed by atoms with van der Waals surface area (Å²) in [6, 6.07) is 6.88. The molecule has 2 heterocycles. The number of rotatable bonds is 2. The molecule has 0 spiro atoms. The molecule has 0 aliphatic rings. The zero-order valence-electron chi connectivity index (χ0n) is 8.02. The SMILES string of the molecule is O=C(c1ccc(Br)cn1)c1ccc(Br)cn1. The molecular formula is C11H6Br2N2O. The fraction of sp³-hybridized carbons (Fsp3) is 0. The van der Waals surface area contributed by atoms with Gasteiger partial charge in [0.2, 0.25) is 5.78 Å². The van der Waals surface area contributed by atoms with Crippen LogP contribution in [-0.4, -0.2) is 15.8 Å². The first-order valence-corrected chi connectivity index (χ1v) is 6.03. The Morgan fingerprint density at radius 1 is 0.875 bits per heavy atom. The topological polar surface area (TPSA) is 42.9 Å². The average molecular weight is 342 g/mol. The smallest absolute Gasteiger partial charge is 0.229 e. The molecule has 0 aliphatic heterocycles. The minimum atomic E-state index is -0.181. The van der Waals surface area contributed by atoms with Crippen LogP contribution in [0.15, 0.2) is 45.6 Å². The minimum Gasteiger partial charge on any atom is -0.285 e. The third-order valence-corrected chi connectivity index (χ3v) is 2.86. The highest BCUT2D eigenvalue weighted by Crippen LogP contribution is 2.12. The second-order valence-electron chi connectivity index (χ2n) is 3.05. The maximum absolute atomic E-state index is 11.9. The predicted molar refractivity (Wildman–Crippen MR) is 67.3 cm³/mol. The van der Waals surface area contributed by atoms with Gasteiger partial charge in [-0.2, -0.15) is 0 Å². The fourth-order valence-electron chi connectivity index (χ4n) is 1.15. The number of ketones is 1. The Bertz CT molecular complexity index is 461. The number of carbonyl (C=O) groups excluding carboxylic acids is 1. The number of hydrogen-bond donors (Lipinski definition) is 0. The van der Waals surface area contributed by atoms with Crippen LogP contribution in [0, 0.1) is 0 Å². The number of pyridine rings is 2. The molecule has 0 bridgehead atoms. The van der Waals surface area contributed by atoms with Crippen LogP contribution >= 0.6 is 31.9 Å². The van der Waals surface area contributed by atoms with Crippen molar-refractivity contribution in [1.82, 2.24) is 9.97 Å². The molecule has 16 heavy (non-hydrogen) atoms. The van der Waals surface area contributed by atoms with E-state index in [0.29, 0.717) is 11.4 Å². The zero-order valence-corrected chi connectivity index (χ0v) is 11.2. The van der Waals surface area contributed by atoms with Crippen molar-refractivity contribution in [1.29, 1.82) is 0 Å². The lowest BCUT2D eigenvalue weighted by molar-refractivity contribution is 0.103. The van der Waals surface area contributed by atoms with Crippen LogP contribution in [0.5, 0.6) is 0 Å². The van der Waals surface area contributed by atoms with Crippen molar-refractivity contribution in [3.05, 3.63) is 57.0 Å². The van der Waals surface area contributed by atoms with Crippen molar-refractivity contribution in [2.75, 3.05) is 0 Å². The van der Waals surface area contributed by atoms with Crippen LogP contribution in [0.2, 0.25) is 0 Å². The Balaban J connectivity index is 2.32. The van der Waals surface area contributed by atoms with Gasteiger partial charge in [0, 0.05) is 21.3 Å². The zero-order chi connectivity index (χ0) is 11.5. The van der Waals surface area contributed by atoms with Gasteiger partial charge >= 0.3 is 0 Å². The molecule has 0 aromatic carbocycles. The standard InChI is InChI=1S/C11H6Br2N2O/c12-7-1-3-9(14-5-7)11(16)10-4-2-8(13)6-15-10/h1-6H. The van der Waals surface area contributed by atoms with E-state index in [4.69, 9.17) is 0 Å². The van der Waals surface area contributed by atoms with Gasteiger partial charge in [0.15, 0.2) is 0 Å². The Morgan fingerprint density at radius 2 is 1.31 bits per heavy atom. The molecule has 80 valence electrons.